The van der Waals surface area contributed by atoms with Gasteiger partial charge in [0, 0.05) is 39.4 Å². The molecule has 0 bridgehead atoms. The summed E-state index contributed by atoms with van der Waals surface area (Å²) in [5, 5.41) is 3.64. The van der Waals surface area contributed by atoms with Gasteiger partial charge in [-0.05, 0) is 23.4 Å². The fraction of sp³-hybridized carbons (Fsp3) is 0.542. The number of cyclic esters (lactones) is 1. The van der Waals surface area contributed by atoms with Crippen molar-refractivity contribution in [1.29, 1.82) is 0 Å². The van der Waals surface area contributed by atoms with Gasteiger partial charge < -0.3 is 38.0 Å². The molecule has 1 unspecified atom stereocenters. The van der Waals surface area contributed by atoms with Crippen LogP contribution in [0, 0.1) is 5.82 Å². The average molecular weight is 523 g/mol. The van der Waals surface area contributed by atoms with Crippen LogP contribution in [0.2, 0.25) is 0 Å². The molecule has 2 saturated heterocycles. The Morgan fingerprint density at radius 3 is 2.62 bits per heavy atom. The van der Waals surface area contributed by atoms with Crippen LogP contribution in [0.4, 0.5) is 20.6 Å². The van der Waals surface area contributed by atoms with E-state index in [1.807, 2.05) is 4.90 Å². The number of carbonyl (C=O) groups is 2. The Kier molecular flexibility index (Phi) is 9.52. The number of halogens is 1. The molecular formula is C24H31FN4O8. The third-order valence-corrected chi connectivity index (χ3v) is 5.95. The first-order valence-electron chi connectivity index (χ1n) is 12.0. The topological polar surface area (TPSA) is 116 Å². The molecule has 202 valence electrons. The zero-order valence-corrected chi connectivity index (χ0v) is 20.7. The maximum atomic E-state index is 15.0. The fourth-order valence-electron chi connectivity index (χ4n) is 4.00. The Balaban J connectivity index is 1.21. The van der Waals surface area contributed by atoms with Crippen LogP contribution >= 0.6 is 0 Å². The molecule has 1 atom stereocenters. The van der Waals surface area contributed by atoms with Crippen molar-refractivity contribution in [2.24, 2.45) is 0 Å². The van der Waals surface area contributed by atoms with E-state index in [0.29, 0.717) is 69.9 Å². The number of hydrogen-bond acceptors (Lipinski definition) is 10. The molecule has 13 heteroatoms. The van der Waals surface area contributed by atoms with Crippen molar-refractivity contribution in [1.82, 2.24) is 10.1 Å². The molecule has 2 fully saturated rings. The number of nitrogens with zero attached hydrogens (tertiary/aromatic N) is 4. The number of piperazine rings is 1. The van der Waals surface area contributed by atoms with Gasteiger partial charge in [0.25, 0.3) is 5.88 Å². The van der Waals surface area contributed by atoms with Gasteiger partial charge >= 0.3 is 6.09 Å². The molecule has 2 aliphatic rings. The minimum absolute atomic E-state index is 0.0206. The first kappa shape index (κ1) is 26.6. The molecule has 1 aromatic carbocycles. The largest absolute Gasteiger partial charge is 0.471 e. The Labute approximate surface area is 213 Å². The number of aromatic nitrogens is 1. The summed E-state index contributed by atoms with van der Waals surface area (Å²) in [7, 11) is 1.60. The van der Waals surface area contributed by atoms with Crippen molar-refractivity contribution >= 4 is 23.4 Å². The molecule has 0 spiro atoms. The van der Waals surface area contributed by atoms with Gasteiger partial charge in [0.05, 0.1) is 44.3 Å². The maximum Gasteiger partial charge on any atom is 0.414 e. The number of benzene rings is 1. The van der Waals surface area contributed by atoms with E-state index < -0.39 is 18.0 Å². The quantitative estimate of drug-likeness (QED) is 0.359. The van der Waals surface area contributed by atoms with Gasteiger partial charge in [0.2, 0.25) is 5.91 Å². The summed E-state index contributed by atoms with van der Waals surface area (Å²) in [6.07, 6.45) is 0.282. The van der Waals surface area contributed by atoms with Crippen LogP contribution in [-0.4, -0.2) is 108 Å². The highest BCUT2D eigenvalue weighted by molar-refractivity contribution is 5.90. The van der Waals surface area contributed by atoms with E-state index in [2.05, 4.69) is 5.16 Å². The number of hydrogen-bond donors (Lipinski definition) is 0. The second kappa shape index (κ2) is 13.2. The van der Waals surface area contributed by atoms with Crippen molar-refractivity contribution < 1.29 is 42.2 Å². The normalized spacial score (nSPS) is 17.8. The van der Waals surface area contributed by atoms with Crippen molar-refractivity contribution in [3.05, 3.63) is 36.3 Å². The maximum absolute atomic E-state index is 15.0. The Morgan fingerprint density at radius 1 is 1.11 bits per heavy atom. The Hall–Kier alpha value is -3.42. The molecule has 2 aromatic rings. The highest BCUT2D eigenvalue weighted by Gasteiger charge is 2.33. The van der Waals surface area contributed by atoms with E-state index in [-0.39, 0.29) is 25.7 Å². The highest BCUT2D eigenvalue weighted by atomic mass is 19.1. The van der Waals surface area contributed by atoms with Crippen molar-refractivity contribution in [2.75, 3.05) is 89.3 Å². The van der Waals surface area contributed by atoms with Gasteiger partial charge in [-0.15, -0.1) is 0 Å². The number of anilines is 2. The van der Waals surface area contributed by atoms with Crippen LogP contribution in [0.25, 0.3) is 0 Å². The van der Waals surface area contributed by atoms with Crippen molar-refractivity contribution in [3.8, 4) is 5.88 Å². The summed E-state index contributed by atoms with van der Waals surface area (Å²) >= 11 is 0. The lowest BCUT2D eigenvalue weighted by molar-refractivity contribution is -0.137. The monoisotopic (exact) mass is 522 g/mol. The summed E-state index contributed by atoms with van der Waals surface area (Å²) in [5.74, 6) is -0.270. The summed E-state index contributed by atoms with van der Waals surface area (Å²) in [4.78, 5) is 29.7. The second-order valence-corrected chi connectivity index (χ2v) is 8.43. The van der Waals surface area contributed by atoms with E-state index in [0.717, 1.165) is 0 Å². The van der Waals surface area contributed by atoms with Crippen molar-refractivity contribution in [3.63, 3.8) is 0 Å². The highest BCUT2D eigenvalue weighted by Crippen LogP contribution is 2.28. The van der Waals surface area contributed by atoms with Gasteiger partial charge in [0.15, 0.2) is 6.10 Å². The first-order valence-corrected chi connectivity index (χ1v) is 12.0. The van der Waals surface area contributed by atoms with E-state index >= 15 is 4.39 Å². The lowest BCUT2D eigenvalue weighted by Gasteiger charge is -2.36. The zero-order valence-electron chi connectivity index (χ0n) is 20.7. The zero-order chi connectivity index (χ0) is 26.0. The smallest absolute Gasteiger partial charge is 0.414 e. The molecule has 0 radical (unpaired) electrons. The van der Waals surface area contributed by atoms with Gasteiger partial charge in [-0.25, -0.2) is 9.18 Å². The van der Waals surface area contributed by atoms with E-state index in [4.69, 9.17) is 28.2 Å². The minimum Gasteiger partial charge on any atom is -0.471 e. The Bertz CT molecular complexity index is 1020. The van der Waals surface area contributed by atoms with Crippen LogP contribution in [-0.2, 0) is 23.7 Å². The molecule has 0 saturated carbocycles. The van der Waals surface area contributed by atoms with Crippen LogP contribution < -0.4 is 14.5 Å². The lowest BCUT2D eigenvalue weighted by Crippen LogP contribution is -2.50. The Morgan fingerprint density at radius 2 is 1.89 bits per heavy atom. The summed E-state index contributed by atoms with van der Waals surface area (Å²) in [6, 6.07) is 6.19. The molecule has 37 heavy (non-hydrogen) atoms. The van der Waals surface area contributed by atoms with Crippen molar-refractivity contribution in [2.45, 2.75) is 6.10 Å². The van der Waals surface area contributed by atoms with Gasteiger partial charge in [-0.1, -0.05) is 0 Å². The molecule has 0 N–H and O–H groups in total. The third kappa shape index (κ3) is 7.31. The third-order valence-electron chi connectivity index (χ3n) is 5.95. The predicted octanol–water partition coefficient (Wildman–Crippen LogP) is 1.55. The number of ether oxygens (including phenoxy) is 5. The lowest BCUT2D eigenvalue weighted by atomic mass is 10.2. The number of methoxy groups -OCH3 is 1. The van der Waals surface area contributed by atoms with E-state index in [1.165, 1.54) is 17.2 Å². The predicted molar refractivity (Wildman–Crippen MR) is 128 cm³/mol. The van der Waals surface area contributed by atoms with Gasteiger partial charge in [-0.3, -0.25) is 9.69 Å². The minimum atomic E-state index is -0.572. The number of carbonyl (C=O) groups excluding carboxylic acids is 2. The van der Waals surface area contributed by atoms with Crippen LogP contribution in [0.1, 0.15) is 0 Å². The van der Waals surface area contributed by atoms with E-state index in [1.54, 1.807) is 30.2 Å². The standard InChI is InChI=1S/C24H31FN4O8/c1-32-10-11-33-12-13-34-17-23(30)28-7-5-27(6-8-28)21-3-2-18(14-20(21)25)29-15-19(37-24(29)31)16-35-22-4-9-36-26-22/h2-4,9,14,19H,5-8,10-13,15-17H2,1H3. The molecule has 4 rings (SSSR count). The number of rotatable bonds is 13. The summed E-state index contributed by atoms with van der Waals surface area (Å²) < 4.78 is 46.0. The molecular weight excluding hydrogens is 491 g/mol. The molecule has 0 aliphatic carbocycles. The van der Waals surface area contributed by atoms with Crippen LogP contribution in [0.15, 0.2) is 35.1 Å². The fourth-order valence-corrected chi connectivity index (χ4v) is 4.00. The molecule has 3 heterocycles. The van der Waals surface area contributed by atoms with E-state index in [9.17, 15) is 9.59 Å². The average Bonchev–Trinajstić information content (AvgIpc) is 3.56. The summed E-state index contributed by atoms with van der Waals surface area (Å²) in [5.41, 5.74) is 0.811. The number of amides is 2. The van der Waals surface area contributed by atoms with Gasteiger partial charge in [-0.2, -0.15) is 0 Å². The molecule has 12 nitrogen and oxygen atoms in total. The summed E-state index contributed by atoms with van der Waals surface area (Å²) in [6.45, 7) is 3.90. The molecule has 1 aromatic heterocycles. The van der Waals surface area contributed by atoms with Crippen LogP contribution in [0.5, 0.6) is 5.88 Å². The molecule has 2 aliphatic heterocycles. The SMILES string of the molecule is COCCOCCOCC(=O)N1CCN(c2ccc(N3CC(COc4ccon4)OC3=O)cc2F)CC1. The van der Waals surface area contributed by atoms with Gasteiger partial charge in [0.1, 0.15) is 25.3 Å². The second-order valence-electron chi connectivity index (χ2n) is 8.43. The van der Waals surface area contributed by atoms with Crippen LogP contribution in [0.3, 0.4) is 0 Å². The molecule has 2 amide bonds. The first-order chi connectivity index (χ1) is 18.0.